The molecule has 0 aliphatic carbocycles. The minimum Gasteiger partial charge on any atom is -0.496 e. The summed E-state index contributed by atoms with van der Waals surface area (Å²) in [5.74, 6) is 0.912. The van der Waals surface area contributed by atoms with E-state index in [0.717, 1.165) is 16.6 Å². The number of hydrogen-bond acceptors (Lipinski definition) is 2. The SMILES string of the molecule is CCc1cc(OC)c(Br)cc1SC. The van der Waals surface area contributed by atoms with Crippen molar-refractivity contribution in [2.45, 2.75) is 18.2 Å². The second kappa shape index (κ2) is 4.91. The van der Waals surface area contributed by atoms with Crippen LogP contribution in [0.5, 0.6) is 5.75 Å². The number of aryl methyl sites for hydroxylation is 1. The third-order valence-electron chi connectivity index (χ3n) is 1.94. The van der Waals surface area contributed by atoms with E-state index in [1.807, 2.05) is 0 Å². The zero-order valence-corrected chi connectivity index (χ0v) is 10.5. The molecule has 0 N–H and O–H groups in total. The molecule has 0 aliphatic rings. The molecule has 0 amide bonds. The van der Waals surface area contributed by atoms with Crippen LogP contribution < -0.4 is 4.74 Å². The van der Waals surface area contributed by atoms with Gasteiger partial charge in [0.2, 0.25) is 0 Å². The fourth-order valence-corrected chi connectivity index (χ4v) is 2.56. The maximum Gasteiger partial charge on any atom is 0.133 e. The van der Waals surface area contributed by atoms with Crippen LogP contribution >= 0.6 is 27.7 Å². The lowest BCUT2D eigenvalue weighted by molar-refractivity contribution is 0.411. The Hall–Kier alpha value is -0.150. The Morgan fingerprint density at radius 3 is 2.62 bits per heavy atom. The standard InChI is InChI=1S/C10H13BrOS/c1-4-7-5-9(12-2)8(11)6-10(7)13-3/h5-6H,4H2,1-3H3. The maximum absolute atomic E-state index is 5.23. The van der Waals surface area contributed by atoms with Gasteiger partial charge in [-0.1, -0.05) is 6.92 Å². The fraction of sp³-hybridized carbons (Fsp3) is 0.400. The van der Waals surface area contributed by atoms with Crippen molar-refractivity contribution in [1.82, 2.24) is 0 Å². The van der Waals surface area contributed by atoms with Gasteiger partial charge in [-0.05, 0) is 46.3 Å². The van der Waals surface area contributed by atoms with Crippen LogP contribution in [0.3, 0.4) is 0 Å². The van der Waals surface area contributed by atoms with Gasteiger partial charge in [0.05, 0.1) is 11.6 Å². The molecule has 0 unspecified atom stereocenters. The Balaban J connectivity index is 3.18. The van der Waals surface area contributed by atoms with Crippen molar-refractivity contribution >= 4 is 27.7 Å². The number of rotatable bonds is 3. The van der Waals surface area contributed by atoms with Gasteiger partial charge in [-0.3, -0.25) is 0 Å². The van der Waals surface area contributed by atoms with Crippen molar-refractivity contribution in [3.8, 4) is 5.75 Å². The van der Waals surface area contributed by atoms with E-state index >= 15 is 0 Å². The summed E-state index contributed by atoms with van der Waals surface area (Å²) in [6.45, 7) is 2.16. The molecular weight excluding hydrogens is 248 g/mol. The smallest absolute Gasteiger partial charge is 0.133 e. The lowest BCUT2D eigenvalue weighted by atomic mass is 10.1. The van der Waals surface area contributed by atoms with Gasteiger partial charge in [-0.25, -0.2) is 0 Å². The van der Waals surface area contributed by atoms with Gasteiger partial charge in [0.15, 0.2) is 0 Å². The molecule has 1 aromatic rings. The van der Waals surface area contributed by atoms with E-state index in [1.165, 1.54) is 10.5 Å². The molecule has 1 rings (SSSR count). The van der Waals surface area contributed by atoms with Crippen molar-refractivity contribution in [2.24, 2.45) is 0 Å². The molecule has 0 radical (unpaired) electrons. The van der Waals surface area contributed by atoms with Gasteiger partial charge >= 0.3 is 0 Å². The highest BCUT2D eigenvalue weighted by Crippen LogP contribution is 2.32. The Morgan fingerprint density at radius 2 is 2.15 bits per heavy atom. The predicted molar refractivity (Wildman–Crippen MR) is 61.9 cm³/mol. The zero-order valence-electron chi connectivity index (χ0n) is 8.06. The number of ether oxygens (including phenoxy) is 1. The summed E-state index contributed by atoms with van der Waals surface area (Å²) in [5.41, 5.74) is 1.34. The summed E-state index contributed by atoms with van der Waals surface area (Å²) in [4.78, 5) is 1.31. The largest absolute Gasteiger partial charge is 0.496 e. The second-order valence-electron chi connectivity index (χ2n) is 2.65. The third kappa shape index (κ3) is 2.41. The van der Waals surface area contributed by atoms with Gasteiger partial charge in [-0.2, -0.15) is 0 Å². The molecule has 1 nitrogen and oxygen atoms in total. The number of hydrogen-bond donors (Lipinski definition) is 0. The van der Waals surface area contributed by atoms with Gasteiger partial charge in [-0.15, -0.1) is 11.8 Å². The lowest BCUT2D eigenvalue weighted by Crippen LogP contribution is -1.90. The van der Waals surface area contributed by atoms with Crippen LogP contribution in [-0.4, -0.2) is 13.4 Å². The van der Waals surface area contributed by atoms with Crippen LogP contribution in [0.4, 0.5) is 0 Å². The van der Waals surface area contributed by atoms with Crippen LogP contribution in [0.1, 0.15) is 12.5 Å². The summed E-state index contributed by atoms with van der Waals surface area (Å²) in [5, 5.41) is 0. The van der Waals surface area contributed by atoms with Crippen LogP contribution in [0.15, 0.2) is 21.5 Å². The average molecular weight is 261 g/mol. The molecule has 0 atom stereocenters. The molecule has 0 saturated carbocycles. The van der Waals surface area contributed by atoms with Gasteiger partial charge in [0.25, 0.3) is 0 Å². The van der Waals surface area contributed by atoms with Crippen molar-refractivity contribution in [2.75, 3.05) is 13.4 Å². The first-order valence-corrected chi connectivity index (χ1v) is 6.15. The van der Waals surface area contributed by atoms with Gasteiger partial charge in [0.1, 0.15) is 5.75 Å². The first-order valence-electron chi connectivity index (χ1n) is 4.13. The van der Waals surface area contributed by atoms with E-state index in [0.29, 0.717) is 0 Å². The van der Waals surface area contributed by atoms with Crippen LogP contribution in [0.2, 0.25) is 0 Å². The minimum atomic E-state index is 0.912. The summed E-state index contributed by atoms with van der Waals surface area (Å²) in [6.07, 6.45) is 3.13. The number of halogens is 1. The molecule has 0 aliphatic heterocycles. The van der Waals surface area contributed by atoms with Crippen molar-refractivity contribution in [1.29, 1.82) is 0 Å². The molecule has 0 fully saturated rings. The molecule has 0 aromatic heterocycles. The van der Waals surface area contributed by atoms with E-state index in [9.17, 15) is 0 Å². The summed E-state index contributed by atoms with van der Waals surface area (Å²) in [7, 11) is 1.69. The predicted octanol–water partition coefficient (Wildman–Crippen LogP) is 3.74. The maximum atomic E-state index is 5.23. The van der Waals surface area contributed by atoms with E-state index in [2.05, 4.69) is 41.2 Å². The Kier molecular flexibility index (Phi) is 4.13. The summed E-state index contributed by atoms with van der Waals surface area (Å²) >= 11 is 5.24. The van der Waals surface area contributed by atoms with E-state index in [-0.39, 0.29) is 0 Å². The summed E-state index contributed by atoms with van der Waals surface area (Å²) < 4.78 is 6.26. The molecule has 13 heavy (non-hydrogen) atoms. The molecule has 72 valence electrons. The topological polar surface area (TPSA) is 9.23 Å². The highest BCUT2D eigenvalue weighted by molar-refractivity contribution is 9.10. The van der Waals surface area contributed by atoms with Crippen LogP contribution in [0, 0.1) is 0 Å². The Bertz CT molecular complexity index is 299. The van der Waals surface area contributed by atoms with Crippen molar-refractivity contribution < 1.29 is 4.74 Å². The zero-order chi connectivity index (χ0) is 9.84. The number of thioether (sulfide) groups is 1. The normalized spacial score (nSPS) is 10.2. The Labute approximate surface area is 92.0 Å². The monoisotopic (exact) mass is 260 g/mol. The molecule has 1 aromatic carbocycles. The fourth-order valence-electron chi connectivity index (χ4n) is 1.20. The first-order chi connectivity index (χ1) is 6.22. The van der Waals surface area contributed by atoms with E-state index in [4.69, 9.17) is 4.74 Å². The van der Waals surface area contributed by atoms with E-state index in [1.54, 1.807) is 18.9 Å². The van der Waals surface area contributed by atoms with Crippen molar-refractivity contribution in [3.05, 3.63) is 22.2 Å². The highest BCUT2D eigenvalue weighted by atomic mass is 79.9. The minimum absolute atomic E-state index is 0.912. The Morgan fingerprint density at radius 1 is 1.46 bits per heavy atom. The van der Waals surface area contributed by atoms with Gasteiger partial charge in [0, 0.05) is 4.90 Å². The molecular formula is C10H13BrOS. The molecule has 0 spiro atoms. The van der Waals surface area contributed by atoms with Crippen molar-refractivity contribution in [3.63, 3.8) is 0 Å². The summed E-state index contributed by atoms with van der Waals surface area (Å²) in [6, 6.07) is 4.21. The molecule has 0 bridgehead atoms. The van der Waals surface area contributed by atoms with Gasteiger partial charge < -0.3 is 4.74 Å². The van der Waals surface area contributed by atoms with E-state index < -0.39 is 0 Å². The molecule has 0 heterocycles. The highest BCUT2D eigenvalue weighted by Gasteiger charge is 2.06. The lowest BCUT2D eigenvalue weighted by Gasteiger charge is -2.09. The number of methoxy groups -OCH3 is 1. The van der Waals surface area contributed by atoms with Crippen LogP contribution in [-0.2, 0) is 6.42 Å². The third-order valence-corrected chi connectivity index (χ3v) is 3.38. The quantitative estimate of drug-likeness (QED) is 0.766. The number of benzene rings is 1. The average Bonchev–Trinajstić information content (AvgIpc) is 2.17. The first kappa shape index (κ1) is 10.9. The van der Waals surface area contributed by atoms with Crippen LogP contribution in [0.25, 0.3) is 0 Å². The second-order valence-corrected chi connectivity index (χ2v) is 4.35. The molecule has 3 heteroatoms. The molecule has 0 saturated heterocycles.